The molecule has 1 aromatic rings. The minimum Gasteiger partial charge on any atom is -0.463 e. The van der Waals surface area contributed by atoms with Crippen molar-refractivity contribution in [1.82, 2.24) is 0 Å². The summed E-state index contributed by atoms with van der Waals surface area (Å²) in [6.07, 6.45) is 3.06. The number of hydrogen-bond acceptors (Lipinski definition) is 4. The van der Waals surface area contributed by atoms with E-state index in [4.69, 9.17) is 16.3 Å². The fourth-order valence-corrected chi connectivity index (χ4v) is 3.42. The van der Waals surface area contributed by atoms with E-state index in [1.165, 1.54) is 18.2 Å². The molecule has 6 heteroatoms. The highest BCUT2D eigenvalue weighted by atomic mass is 35.5. The molecule has 0 N–H and O–H groups in total. The number of carbonyl (C=O) groups excluding carboxylic acids is 1. The highest BCUT2D eigenvalue weighted by Crippen LogP contribution is 2.19. The third-order valence-electron chi connectivity index (χ3n) is 2.49. The Labute approximate surface area is 124 Å². The lowest BCUT2D eigenvalue weighted by Crippen LogP contribution is -2.09. The van der Waals surface area contributed by atoms with Crippen LogP contribution in [0.5, 0.6) is 0 Å². The van der Waals surface area contributed by atoms with Crippen LogP contribution in [0.1, 0.15) is 18.9 Å². The fourth-order valence-electron chi connectivity index (χ4n) is 1.60. The lowest BCUT2D eigenvalue weighted by molar-refractivity contribution is -0.137. The molecule has 0 bridgehead atoms. The second-order valence-electron chi connectivity index (χ2n) is 3.98. The fraction of sp³-hybridized carbons (Fsp3) is 0.357. The van der Waals surface area contributed by atoms with Crippen LogP contribution in [0.3, 0.4) is 0 Å². The molecule has 0 radical (unpaired) electrons. The maximum absolute atomic E-state index is 12.2. The number of sulfone groups is 1. The average Bonchev–Trinajstić information content (AvgIpc) is 2.43. The van der Waals surface area contributed by atoms with Crippen molar-refractivity contribution in [1.29, 1.82) is 0 Å². The van der Waals surface area contributed by atoms with Gasteiger partial charge in [0.15, 0.2) is 9.84 Å². The zero-order valence-corrected chi connectivity index (χ0v) is 12.8. The predicted octanol–water partition coefficient (Wildman–Crippen LogP) is 2.67. The molecular formula is C14H17ClO4S. The van der Waals surface area contributed by atoms with Crippen molar-refractivity contribution < 1.29 is 17.9 Å². The summed E-state index contributed by atoms with van der Waals surface area (Å²) in [5, 5.41) is 0. The van der Waals surface area contributed by atoms with E-state index in [9.17, 15) is 13.2 Å². The Morgan fingerprint density at radius 3 is 2.70 bits per heavy atom. The lowest BCUT2D eigenvalue weighted by atomic mass is 10.2. The summed E-state index contributed by atoms with van der Waals surface area (Å²) in [7, 11) is -3.40. The van der Waals surface area contributed by atoms with Gasteiger partial charge in [-0.25, -0.2) is 13.2 Å². The van der Waals surface area contributed by atoms with E-state index in [0.29, 0.717) is 17.9 Å². The summed E-state index contributed by atoms with van der Waals surface area (Å²) in [5.74, 6) is -0.221. The van der Waals surface area contributed by atoms with Gasteiger partial charge >= 0.3 is 5.97 Å². The lowest BCUT2D eigenvalue weighted by Gasteiger charge is -2.07. The summed E-state index contributed by atoms with van der Waals surface area (Å²) in [5.41, 5.74) is 0.468. The molecule has 0 aliphatic rings. The van der Waals surface area contributed by atoms with E-state index in [2.05, 4.69) is 0 Å². The predicted molar refractivity (Wildman–Crippen MR) is 79.5 cm³/mol. The molecule has 0 aliphatic heterocycles. The van der Waals surface area contributed by atoms with Crippen LogP contribution in [0.4, 0.5) is 0 Å². The Morgan fingerprint density at radius 1 is 1.35 bits per heavy atom. The number of benzene rings is 1. The molecule has 0 unspecified atom stereocenters. The molecule has 20 heavy (non-hydrogen) atoms. The Bertz CT molecular complexity index is 579. The summed E-state index contributed by atoms with van der Waals surface area (Å²) in [4.78, 5) is 11.5. The van der Waals surface area contributed by atoms with E-state index >= 15 is 0 Å². The van der Waals surface area contributed by atoms with Crippen LogP contribution in [0.15, 0.2) is 35.2 Å². The molecule has 110 valence electrons. The van der Waals surface area contributed by atoms with Crippen molar-refractivity contribution in [3.8, 4) is 0 Å². The van der Waals surface area contributed by atoms with E-state index in [1.54, 1.807) is 25.1 Å². The standard InChI is InChI=1S/C14H17ClO4S/c1-2-19-14(16)9-8-12-6-3-4-7-13(12)20(17,18)11-5-10-15/h3-4,6-9H,2,5,10-11H2,1H3/b9-8-. The summed E-state index contributed by atoms with van der Waals surface area (Å²) in [6.45, 7) is 1.98. The molecule has 0 fully saturated rings. The molecule has 1 rings (SSSR count). The van der Waals surface area contributed by atoms with Crippen molar-refractivity contribution in [2.75, 3.05) is 18.2 Å². The molecule has 0 saturated carbocycles. The minimum absolute atomic E-state index is 0.0131. The van der Waals surface area contributed by atoms with Crippen molar-refractivity contribution >= 4 is 33.5 Å². The summed E-state index contributed by atoms with van der Waals surface area (Å²) in [6, 6.07) is 6.53. The number of carbonyl (C=O) groups is 1. The SMILES string of the molecule is CCOC(=O)/C=C\c1ccccc1S(=O)(=O)CCCCl. The molecular weight excluding hydrogens is 300 g/mol. The van der Waals surface area contributed by atoms with E-state index in [1.807, 2.05) is 0 Å². The minimum atomic E-state index is -3.40. The van der Waals surface area contributed by atoms with Crippen LogP contribution in [-0.4, -0.2) is 32.6 Å². The first-order valence-corrected chi connectivity index (χ1v) is 8.42. The molecule has 0 atom stereocenters. The molecule has 0 aromatic heterocycles. The number of alkyl halides is 1. The Hall–Kier alpha value is -1.33. The zero-order valence-electron chi connectivity index (χ0n) is 11.2. The molecule has 0 saturated heterocycles. The van der Waals surface area contributed by atoms with Crippen molar-refractivity contribution in [2.24, 2.45) is 0 Å². The molecule has 0 amide bonds. The first kappa shape index (κ1) is 16.7. The number of halogens is 1. The van der Waals surface area contributed by atoms with Crippen LogP contribution in [0, 0.1) is 0 Å². The Kier molecular flexibility index (Phi) is 6.75. The highest BCUT2D eigenvalue weighted by Gasteiger charge is 2.16. The third-order valence-corrected chi connectivity index (χ3v) is 4.62. The van der Waals surface area contributed by atoms with Gasteiger partial charge in [-0.2, -0.15) is 0 Å². The van der Waals surface area contributed by atoms with Gasteiger partial charge in [0, 0.05) is 12.0 Å². The van der Waals surface area contributed by atoms with Gasteiger partial charge in [0.1, 0.15) is 0 Å². The van der Waals surface area contributed by atoms with E-state index < -0.39 is 15.8 Å². The van der Waals surface area contributed by atoms with Crippen LogP contribution >= 0.6 is 11.6 Å². The van der Waals surface area contributed by atoms with E-state index in [0.717, 1.165) is 0 Å². The maximum atomic E-state index is 12.2. The van der Waals surface area contributed by atoms with Crippen LogP contribution < -0.4 is 0 Å². The molecule has 0 aliphatic carbocycles. The van der Waals surface area contributed by atoms with Crippen LogP contribution in [-0.2, 0) is 19.4 Å². The second kappa shape index (κ2) is 8.07. The molecule has 1 aromatic carbocycles. The zero-order chi connectivity index (χ0) is 15.0. The first-order valence-electron chi connectivity index (χ1n) is 6.24. The maximum Gasteiger partial charge on any atom is 0.330 e. The van der Waals surface area contributed by atoms with Gasteiger partial charge < -0.3 is 4.74 Å². The first-order chi connectivity index (χ1) is 9.51. The topological polar surface area (TPSA) is 60.4 Å². The van der Waals surface area contributed by atoms with Gasteiger partial charge in [-0.1, -0.05) is 18.2 Å². The van der Waals surface area contributed by atoms with Gasteiger partial charge in [-0.05, 0) is 31.1 Å². The van der Waals surface area contributed by atoms with Crippen molar-refractivity contribution in [2.45, 2.75) is 18.2 Å². The Morgan fingerprint density at radius 2 is 2.05 bits per heavy atom. The van der Waals surface area contributed by atoms with Gasteiger partial charge in [-0.15, -0.1) is 11.6 Å². The van der Waals surface area contributed by atoms with Crippen molar-refractivity contribution in [3.05, 3.63) is 35.9 Å². The van der Waals surface area contributed by atoms with Gasteiger partial charge in [0.2, 0.25) is 0 Å². The monoisotopic (exact) mass is 316 g/mol. The number of rotatable bonds is 7. The van der Waals surface area contributed by atoms with Crippen molar-refractivity contribution in [3.63, 3.8) is 0 Å². The molecule has 4 nitrogen and oxygen atoms in total. The Balaban J connectivity index is 3.02. The quantitative estimate of drug-likeness (QED) is 0.441. The van der Waals surface area contributed by atoms with E-state index in [-0.39, 0.29) is 17.3 Å². The second-order valence-corrected chi connectivity index (χ2v) is 6.44. The number of esters is 1. The highest BCUT2D eigenvalue weighted by molar-refractivity contribution is 7.91. The molecule has 0 heterocycles. The largest absolute Gasteiger partial charge is 0.463 e. The smallest absolute Gasteiger partial charge is 0.330 e. The number of hydrogen-bond donors (Lipinski definition) is 0. The van der Waals surface area contributed by atoms with Gasteiger partial charge in [-0.3, -0.25) is 0 Å². The van der Waals surface area contributed by atoms with Gasteiger partial charge in [0.25, 0.3) is 0 Å². The third kappa shape index (κ3) is 4.98. The molecule has 0 spiro atoms. The average molecular weight is 317 g/mol. The normalized spacial score (nSPS) is 11.7. The van der Waals surface area contributed by atoms with Crippen LogP contribution in [0.2, 0.25) is 0 Å². The number of ether oxygens (including phenoxy) is 1. The summed E-state index contributed by atoms with van der Waals surface area (Å²) >= 11 is 5.53. The summed E-state index contributed by atoms with van der Waals surface area (Å²) < 4.78 is 29.1. The van der Waals surface area contributed by atoms with Gasteiger partial charge in [0.05, 0.1) is 17.3 Å². The van der Waals surface area contributed by atoms with Crippen LogP contribution in [0.25, 0.3) is 6.08 Å².